The normalized spacial score (nSPS) is 12.3. The highest BCUT2D eigenvalue weighted by molar-refractivity contribution is 5.94. The lowest BCUT2D eigenvalue weighted by atomic mass is 10.1. The predicted molar refractivity (Wildman–Crippen MR) is 99.4 cm³/mol. The number of pyridine rings is 1. The van der Waals surface area contributed by atoms with Crippen molar-refractivity contribution in [3.8, 4) is 17.0 Å². The lowest BCUT2D eigenvalue weighted by Gasteiger charge is -2.15. The Morgan fingerprint density at radius 2 is 1.89 bits per heavy atom. The maximum atomic E-state index is 13.2. The van der Waals surface area contributed by atoms with Crippen LogP contribution in [0.1, 0.15) is 41.1 Å². The Hall–Kier alpha value is -3.10. The van der Waals surface area contributed by atoms with E-state index >= 15 is 0 Å². The Balaban J connectivity index is 2.67. The molecule has 1 unspecified atom stereocenters. The van der Waals surface area contributed by atoms with Crippen LogP contribution in [-0.2, 0) is 4.74 Å². The van der Waals surface area contributed by atoms with E-state index in [4.69, 9.17) is 9.47 Å². The van der Waals surface area contributed by atoms with Gasteiger partial charge in [-0.3, -0.25) is 4.98 Å². The van der Waals surface area contributed by atoms with Crippen LogP contribution in [0.5, 0.6) is 5.75 Å². The van der Waals surface area contributed by atoms with Crippen molar-refractivity contribution in [1.29, 1.82) is 0 Å². The number of ether oxygens (including phenoxy) is 2. The minimum absolute atomic E-state index is 0.0932. The van der Waals surface area contributed by atoms with Crippen LogP contribution >= 0.6 is 0 Å². The second-order valence-corrected chi connectivity index (χ2v) is 6.19. The number of carbonyl (C=O) groups is 1. The van der Waals surface area contributed by atoms with E-state index in [0.717, 1.165) is 6.07 Å². The molecule has 7 nitrogen and oxygen atoms in total. The third-order valence-electron chi connectivity index (χ3n) is 3.90. The quantitative estimate of drug-likeness (QED) is 0.668. The molecule has 28 heavy (non-hydrogen) atoms. The van der Waals surface area contributed by atoms with Crippen LogP contribution < -0.4 is 4.74 Å². The smallest absolute Gasteiger partial charge is 0.358 e. The molecule has 0 amide bonds. The van der Waals surface area contributed by atoms with Crippen molar-refractivity contribution in [2.75, 3.05) is 28.3 Å². The van der Waals surface area contributed by atoms with Gasteiger partial charge in [0.2, 0.25) is 0 Å². The van der Waals surface area contributed by atoms with Gasteiger partial charge in [0.25, 0.3) is 6.43 Å². The zero-order chi connectivity index (χ0) is 20.8. The number of aromatic nitrogens is 3. The molecule has 0 radical (unpaired) electrons. The molecule has 9 heteroatoms. The molecule has 0 N–H and O–H groups in total. The van der Waals surface area contributed by atoms with Gasteiger partial charge in [-0.1, -0.05) is 13.0 Å². The first kappa shape index (κ1) is 21.2. The lowest BCUT2D eigenvalue weighted by Crippen LogP contribution is -2.11. The average Bonchev–Trinajstić information content (AvgIpc) is 2.70. The SMILES string of the molecule is COC(=O)c1ncc(C(C)/C=C\N(C)C)nc1-c1cc(C(F)F)ncc1OC. The van der Waals surface area contributed by atoms with Crippen molar-refractivity contribution in [3.63, 3.8) is 0 Å². The molecule has 150 valence electrons. The van der Waals surface area contributed by atoms with E-state index in [1.54, 1.807) is 0 Å². The molecule has 0 bridgehead atoms. The molecule has 0 aromatic carbocycles. The van der Waals surface area contributed by atoms with E-state index < -0.39 is 18.1 Å². The Labute approximate surface area is 162 Å². The number of allylic oxidation sites excluding steroid dienone is 1. The Morgan fingerprint density at radius 3 is 2.46 bits per heavy atom. The first-order valence-electron chi connectivity index (χ1n) is 8.40. The van der Waals surface area contributed by atoms with Crippen LogP contribution in [0.25, 0.3) is 11.3 Å². The van der Waals surface area contributed by atoms with Crippen LogP contribution in [0.2, 0.25) is 0 Å². The highest BCUT2D eigenvalue weighted by Gasteiger charge is 2.23. The van der Waals surface area contributed by atoms with E-state index in [-0.39, 0.29) is 28.6 Å². The van der Waals surface area contributed by atoms with E-state index in [1.165, 1.54) is 26.6 Å². The zero-order valence-corrected chi connectivity index (χ0v) is 16.3. The summed E-state index contributed by atoms with van der Waals surface area (Å²) in [6.45, 7) is 1.90. The number of hydrogen-bond donors (Lipinski definition) is 0. The number of nitrogens with zero attached hydrogens (tertiary/aromatic N) is 4. The molecule has 0 spiro atoms. The standard InChI is InChI=1S/C19H22F2N4O3/c1-11(6-7-25(2)3)14-9-23-17(19(26)28-5)16(24-14)12-8-13(18(20)21)22-10-15(12)27-4/h6-11,18H,1-5H3/b7-6-. The molecule has 2 rings (SSSR count). The van der Waals surface area contributed by atoms with Gasteiger partial charge in [0.1, 0.15) is 17.1 Å². The molecule has 2 aromatic rings. The van der Waals surface area contributed by atoms with Crippen LogP contribution in [0, 0.1) is 0 Å². The van der Waals surface area contributed by atoms with Gasteiger partial charge in [-0.15, -0.1) is 0 Å². The van der Waals surface area contributed by atoms with Gasteiger partial charge < -0.3 is 14.4 Å². The summed E-state index contributed by atoms with van der Waals surface area (Å²) < 4.78 is 36.3. The molecule has 1 atom stereocenters. The third-order valence-corrected chi connectivity index (χ3v) is 3.90. The first-order valence-corrected chi connectivity index (χ1v) is 8.40. The van der Waals surface area contributed by atoms with Gasteiger partial charge in [-0.2, -0.15) is 0 Å². The minimum atomic E-state index is -2.79. The number of rotatable bonds is 7. The monoisotopic (exact) mass is 392 g/mol. The van der Waals surface area contributed by atoms with Crippen LogP contribution in [0.15, 0.2) is 30.7 Å². The summed E-state index contributed by atoms with van der Waals surface area (Å²) in [7, 11) is 6.35. The summed E-state index contributed by atoms with van der Waals surface area (Å²) in [5.41, 5.74) is 0.277. The van der Waals surface area contributed by atoms with E-state index in [2.05, 4.69) is 15.0 Å². The van der Waals surface area contributed by atoms with Gasteiger partial charge >= 0.3 is 5.97 Å². The van der Waals surface area contributed by atoms with Crippen molar-refractivity contribution in [2.45, 2.75) is 19.3 Å². The summed E-state index contributed by atoms with van der Waals surface area (Å²) in [6, 6.07) is 1.14. The molecular weight excluding hydrogens is 370 g/mol. The van der Waals surface area contributed by atoms with Gasteiger partial charge in [0.05, 0.1) is 32.3 Å². The topological polar surface area (TPSA) is 77.4 Å². The van der Waals surface area contributed by atoms with Crippen molar-refractivity contribution in [3.05, 3.63) is 47.8 Å². The largest absolute Gasteiger partial charge is 0.494 e. The number of hydrogen-bond acceptors (Lipinski definition) is 7. The molecule has 0 aliphatic heterocycles. The zero-order valence-electron chi connectivity index (χ0n) is 16.3. The van der Waals surface area contributed by atoms with Crippen LogP contribution in [-0.4, -0.2) is 54.1 Å². The maximum absolute atomic E-state index is 13.2. The second kappa shape index (κ2) is 9.20. The van der Waals surface area contributed by atoms with E-state index in [1.807, 2.05) is 38.2 Å². The van der Waals surface area contributed by atoms with Crippen molar-refractivity contribution >= 4 is 5.97 Å². The van der Waals surface area contributed by atoms with Crippen LogP contribution in [0.4, 0.5) is 8.78 Å². The minimum Gasteiger partial charge on any atom is -0.494 e. The van der Waals surface area contributed by atoms with Crippen molar-refractivity contribution in [2.24, 2.45) is 0 Å². The number of esters is 1. The Bertz CT molecular complexity index is 872. The number of methoxy groups -OCH3 is 2. The average molecular weight is 392 g/mol. The summed E-state index contributed by atoms with van der Waals surface area (Å²) in [4.78, 5) is 26.4. The highest BCUT2D eigenvalue weighted by Crippen LogP contribution is 2.33. The molecule has 2 heterocycles. The maximum Gasteiger partial charge on any atom is 0.358 e. The number of alkyl halides is 2. The number of carbonyl (C=O) groups excluding carboxylic acids is 1. The molecule has 2 aromatic heterocycles. The fourth-order valence-electron chi connectivity index (χ4n) is 2.38. The molecular formula is C19H22F2N4O3. The molecule has 0 saturated heterocycles. The fourth-order valence-corrected chi connectivity index (χ4v) is 2.38. The fraction of sp³-hybridized carbons (Fsp3) is 0.368. The molecule has 0 saturated carbocycles. The van der Waals surface area contributed by atoms with Crippen molar-refractivity contribution in [1.82, 2.24) is 19.9 Å². The van der Waals surface area contributed by atoms with Gasteiger partial charge in [-0.05, 0) is 12.3 Å². The summed E-state index contributed by atoms with van der Waals surface area (Å²) in [5, 5.41) is 0. The molecule has 0 aliphatic rings. The number of halogens is 2. The summed E-state index contributed by atoms with van der Waals surface area (Å²) >= 11 is 0. The van der Waals surface area contributed by atoms with E-state index in [0.29, 0.717) is 5.69 Å². The summed E-state index contributed by atoms with van der Waals surface area (Å²) in [5.74, 6) is -0.678. The summed E-state index contributed by atoms with van der Waals surface area (Å²) in [6.07, 6.45) is 3.61. The highest BCUT2D eigenvalue weighted by atomic mass is 19.3. The third kappa shape index (κ3) is 4.79. The van der Waals surface area contributed by atoms with Crippen molar-refractivity contribution < 1.29 is 23.0 Å². The van der Waals surface area contributed by atoms with Gasteiger partial charge in [0.15, 0.2) is 5.69 Å². The van der Waals surface area contributed by atoms with Crippen LogP contribution in [0.3, 0.4) is 0 Å². The Morgan fingerprint density at radius 1 is 1.18 bits per heavy atom. The predicted octanol–water partition coefficient (Wildman–Crippen LogP) is 3.45. The Kier molecular flexibility index (Phi) is 6.97. The van der Waals surface area contributed by atoms with Gasteiger partial charge in [0, 0.05) is 25.6 Å². The van der Waals surface area contributed by atoms with Gasteiger partial charge in [-0.25, -0.2) is 23.5 Å². The first-order chi connectivity index (χ1) is 13.3. The second-order valence-electron chi connectivity index (χ2n) is 6.19. The molecule has 0 fully saturated rings. The van der Waals surface area contributed by atoms with E-state index in [9.17, 15) is 13.6 Å². The lowest BCUT2D eigenvalue weighted by molar-refractivity contribution is 0.0594. The molecule has 0 aliphatic carbocycles.